The van der Waals surface area contributed by atoms with E-state index < -0.39 is 0 Å². The Morgan fingerprint density at radius 2 is 1.76 bits per heavy atom. The molecule has 1 aliphatic heterocycles. The minimum absolute atomic E-state index is 0. The standard InChI is InChI=1S/C13H24N2O.ClH/c1-9-8-15(7-6-14-9)11(16)10-12(2,3)13(10,4)5;/h9-10,14H,6-8H2,1-5H3;1H/t9-;/m0./s1. The highest BCUT2D eigenvalue weighted by molar-refractivity contribution is 5.85. The maximum absolute atomic E-state index is 12.4. The van der Waals surface area contributed by atoms with Crippen molar-refractivity contribution in [3.05, 3.63) is 0 Å². The third-order valence-electron chi connectivity index (χ3n) is 4.95. The molecule has 0 aromatic rings. The highest BCUT2D eigenvalue weighted by Gasteiger charge is 2.68. The van der Waals surface area contributed by atoms with Gasteiger partial charge in [-0.05, 0) is 17.8 Å². The molecule has 1 N–H and O–H groups in total. The Morgan fingerprint density at radius 1 is 1.24 bits per heavy atom. The van der Waals surface area contributed by atoms with E-state index in [9.17, 15) is 4.79 Å². The fourth-order valence-electron chi connectivity index (χ4n) is 3.13. The zero-order valence-electron chi connectivity index (χ0n) is 11.5. The van der Waals surface area contributed by atoms with E-state index in [1.807, 2.05) is 4.90 Å². The van der Waals surface area contributed by atoms with Crippen molar-refractivity contribution >= 4 is 18.3 Å². The number of carbonyl (C=O) groups excluding carboxylic acids is 1. The summed E-state index contributed by atoms with van der Waals surface area (Å²) in [5.41, 5.74) is 0.330. The normalized spacial score (nSPS) is 30.6. The number of halogens is 1. The summed E-state index contributed by atoms with van der Waals surface area (Å²) in [5.74, 6) is 0.577. The van der Waals surface area contributed by atoms with Crippen LogP contribution in [0.25, 0.3) is 0 Å². The monoisotopic (exact) mass is 260 g/mol. The molecule has 0 spiro atoms. The molecule has 1 amide bonds. The van der Waals surface area contributed by atoms with Crippen molar-refractivity contribution in [2.45, 2.75) is 40.7 Å². The van der Waals surface area contributed by atoms with Gasteiger partial charge in [0.25, 0.3) is 0 Å². The molecule has 0 unspecified atom stereocenters. The number of amides is 1. The van der Waals surface area contributed by atoms with Crippen molar-refractivity contribution in [2.75, 3.05) is 19.6 Å². The van der Waals surface area contributed by atoms with E-state index >= 15 is 0 Å². The summed E-state index contributed by atoms with van der Waals surface area (Å²) in [4.78, 5) is 14.5. The number of piperazine rings is 1. The molecular weight excluding hydrogens is 236 g/mol. The SMILES string of the molecule is C[C@H]1CN(C(=O)C2C(C)(C)C2(C)C)CCN1.Cl. The lowest BCUT2D eigenvalue weighted by Gasteiger charge is -2.32. The Bertz CT molecular complexity index is 301. The minimum Gasteiger partial charge on any atom is -0.340 e. The lowest BCUT2D eigenvalue weighted by Crippen LogP contribution is -2.52. The second-order valence-electron chi connectivity index (χ2n) is 6.52. The van der Waals surface area contributed by atoms with Crippen molar-refractivity contribution in [3.8, 4) is 0 Å². The van der Waals surface area contributed by atoms with Crippen LogP contribution in [0.1, 0.15) is 34.6 Å². The molecule has 1 saturated carbocycles. The second kappa shape index (κ2) is 4.43. The summed E-state index contributed by atoms with van der Waals surface area (Å²) in [6, 6.07) is 0.433. The fourth-order valence-corrected chi connectivity index (χ4v) is 3.13. The van der Waals surface area contributed by atoms with E-state index in [0.717, 1.165) is 19.6 Å². The molecule has 1 aliphatic carbocycles. The van der Waals surface area contributed by atoms with Gasteiger partial charge in [-0.25, -0.2) is 0 Å². The Morgan fingerprint density at radius 3 is 2.18 bits per heavy atom. The van der Waals surface area contributed by atoms with Crippen LogP contribution in [-0.4, -0.2) is 36.5 Å². The number of nitrogens with zero attached hydrogens (tertiary/aromatic N) is 1. The molecule has 17 heavy (non-hydrogen) atoms. The first kappa shape index (κ1) is 14.8. The molecule has 0 aromatic heterocycles. The van der Waals surface area contributed by atoms with E-state index in [1.54, 1.807) is 0 Å². The highest BCUT2D eigenvalue weighted by Crippen LogP contribution is 2.68. The molecule has 0 radical (unpaired) electrons. The van der Waals surface area contributed by atoms with Crippen LogP contribution in [0.4, 0.5) is 0 Å². The predicted molar refractivity (Wildman–Crippen MR) is 72.3 cm³/mol. The van der Waals surface area contributed by atoms with E-state index in [0.29, 0.717) is 11.9 Å². The van der Waals surface area contributed by atoms with Gasteiger partial charge in [-0.2, -0.15) is 0 Å². The molecule has 2 rings (SSSR count). The quantitative estimate of drug-likeness (QED) is 0.781. The number of hydrogen-bond acceptors (Lipinski definition) is 2. The van der Waals surface area contributed by atoms with Crippen LogP contribution < -0.4 is 5.32 Å². The minimum atomic E-state index is 0. The summed E-state index contributed by atoms with van der Waals surface area (Å²) in [6.45, 7) is 13.6. The van der Waals surface area contributed by atoms with Gasteiger partial charge in [0.1, 0.15) is 0 Å². The smallest absolute Gasteiger partial charge is 0.226 e. The highest BCUT2D eigenvalue weighted by atomic mass is 35.5. The third-order valence-corrected chi connectivity index (χ3v) is 4.95. The van der Waals surface area contributed by atoms with Gasteiger partial charge >= 0.3 is 0 Å². The molecule has 1 atom stereocenters. The van der Waals surface area contributed by atoms with Gasteiger partial charge in [0.05, 0.1) is 0 Å². The van der Waals surface area contributed by atoms with E-state index in [1.165, 1.54) is 0 Å². The Labute approximate surface area is 111 Å². The Kier molecular flexibility index (Phi) is 3.85. The number of nitrogens with one attached hydrogen (secondary N) is 1. The van der Waals surface area contributed by atoms with Crippen LogP contribution >= 0.6 is 12.4 Å². The topological polar surface area (TPSA) is 32.3 Å². The summed E-state index contributed by atoms with van der Waals surface area (Å²) in [7, 11) is 0. The van der Waals surface area contributed by atoms with Crippen molar-refractivity contribution in [1.82, 2.24) is 10.2 Å². The van der Waals surface area contributed by atoms with Crippen LogP contribution in [0.5, 0.6) is 0 Å². The van der Waals surface area contributed by atoms with Crippen molar-refractivity contribution in [3.63, 3.8) is 0 Å². The third kappa shape index (κ3) is 2.19. The number of hydrogen-bond donors (Lipinski definition) is 1. The fraction of sp³-hybridized carbons (Fsp3) is 0.923. The van der Waals surface area contributed by atoms with Crippen molar-refractivity contribution < 1.29 is 4.79 Å². The summed E-state index contributed by atoms with van der Waals surface area (Å²) >= 11 is 0. The first-order valence-corrected chi connectivity index (χ1v) is 6.30. The van der Waals surface area contributed by atoms with Gasteiger partial charge < -0.3 is 10.2 Å². The van der Waals surface area contributed by atoms with E-state index in [4.69, 9.17) is 0 Å². The van der Waals surface area contributed by atoms with Crippen molar-refractivity contribution in [1.29, 1.82) is 0 Å². The molecular formula is C13H25ClN2O. The van der Waals surface area contributed by atoms with Crippen LogP contribution in [0.2, 0.25) is 0 Å². The number of rotatable bonds is 1. The first-order valence-electron chi connectivity index (χ1n) is 6.30. The summed E-state index contributed by atoms with van der Waals surface area (Å²) in [5, 5.41) is 3.37. The second-order valence-corrected chi connectivity index (χ2v) is 6.52. The Balaban J connectivity index is 0.00000144. The molecule has 1 heterocycles. The maximum atomic E-state index is 12.4. The molecule has 4 heteroatoms. The van der Waals surface area contributed by atoms with Crippen LogP contribution in [-0.2, 0) is 4.79 Å². The molecule has 100 valence electrons. The first-order chi connectivity index (χ1) is 7.28. The molecule has 1 saturated heterocycles. The van der Waals surface area contributed by atoms with Crippen LogP contribution in [0.3, 0.4) is 0 Å². The summed E-state index contributed by atoms with van der Waals surface area (Å²) < 4.78 is 0. The molecule has 0 bridgehead atoms. The molecule has 0 aromatic carbocycles. The molecule has 2 aliphatic rings. The van der Waals surface area contributed by atoms with Gasteiger partial charge in [0.15, 0.2) is 0 Å². The zero-order chi connectivity index (χ0) is 12.1. The summed E-state index contributed by atoms with van der Waals surface area (Å²) in [6.07, 6.45) is 0. The Hall–Kier alpha value is -0.280. The molecule has 2 fully saturated rings. The molecule has 3 nitrogen and oxygen atoms in total. The van der Waals surface area contributed by atoms with Gasteiger partial charge in [-0.15, -0.1) is 12.4 Å². The van der Waals surface area contributed by atoms with Gasteiger partial charge in [-0.1, -0.05) is 27.7 Å². The van der Waals surface area contributed by atoms with Gasteiger partial charge in [-0.3, -0.25) is 4.79 Å². The lowest BCUT2D eigenvalue weighted by molar-refractivity contribution is -0.135. The van der Waals surface area contributed by atoms with E-state index in [-0.39, 0.29) is 29.2 Å². The van der Waals surface area contributed by atoms with E-state index in [2.05, 4.69) is 39.9 Å². The van der Waals surface area contributed by atoms with Crippen LogP contribution in [0, 0.1) is 16.7 Å². The maximum Gasteiger partial charge on any atom is 0.226 e. The largest absolute Gasteiger partial charge is 0.340 e. The average Bonchev–Trinajstić information content (AvgIpc) is 2.56. The van der Waals surface area contributed by atoms with Gasteiger partial charge in [0.2, 0.25) is 5.91 Å². The predicted octanol–water partition coefficient (Wildman–Crippen LogP) is 1.91. The number of carbonyl (C=O) groups is 1. The van der Waals surface area contributed by atoms with Crippen LogP contribution in [0.15, 0.2) is 0 Å². The average molecular weight is 261 g/mol. The van der Waals surface area contributed by atoms with Gasteiger partial charge in [0, 0.05) is 31.6 Å². The zero-order valence-corrected chi connectivity index (χ0v) is 12.4. The lowest BCUT2D eigenvalue weighted by atomic mass is 10.0. The van der Waals surface area contributed by atoms with Crippen molar-refractivity contribution in [2.24, 2.45) is 16.7 Å².